The molecule has 2 aromatic carbocycles. The molecule has 188 valence electrons. The fraction of sp³-hybridized carbons (Fsp3) is 0.214. The van der Waals surface area contributed by atoms with E-state index in [1.54, 1.807) is 42.1 Å². The Morgan fingerprint density at radius 3 is 2.59 bits per heavy atom. The number of rotatable bonds is 8. The molecule has 0 bridgehead atoms. The largest absolute Gasteiger partial charge is 0.467 e. The molecule has 0 spiro atoms. The van der Waals surface area contributed by atoms with Crippen molar-refractivity contribution in [1.29, 1.82) is 0 Å². The summed E-state index contributed by atoms with van der Waals surface area (Å²) in [5.74, 6) is 0.846. The molecular formula is C28H27N5O4. The van der Waals surface area contributed by atoms with Gasteiger partial charge < -0.3 is 14.2 Å². The van der Waals surface area contributed by atoms with E-state index in [0.29, 0.717) is 28.5 Å². The van der Waals surface area contributed by atoms with Crippen molar-refractivity contribution in [2.24, 2.45) is 0 Å². The van der Waals surface area contributed by atoms with Gasteiger partial charge in [0.2, 0.25) is 5.91 Å². The van der Waals surface area contributed by atoms with Crippen molar-refractivity contribution in [3.8, 4) is 0 Å². The van der Waals surface area contributed by atoms with E-state index < -0.39 is 11.9 Å². The molecule has 3 aromatic heterocycles. The van der Waals surface area contributed by atoms with Crippen LogP contribution in [-0.4, -0.2) is 26.8 Å². The highest BCUT2D eigenvalue weighted by molar-refractivity contribution is 6.01. The van der Waals surface area contributed by atoms with Gasteiger partial charge >= 0.3 is 0 Å². The van der Waals surface area contributed by atoms with E-state index in [1.807, 2.05) is 56.3 Å². The highest BCUT2D eigenvalue weighted by Gasteiger charge is 2.36. The zero-order valence-electron chi connectivity index (χ0n) is 20.8. The summed E-state index contributed by atoms with van der Waals surface area (Å²) in [6.45, 7) is 5.75. The van der Waals surface area contributed by atoms with E-state index in [1.165, 1.54) is 4.90 Å². The smallest absolute Gasteiger partial charge is 0.251 e. The maximum absolute atomic E-state index is 14.0. The van der Waals surface area contributed by atoms with Crippen LogP contribution in [0.5, 0.6) is 0 Å². The summed E-state index contributed by atoms with van der Waals surface area (Å²) in [4.78, 5) is 29.3. The van der Waals surface area contributed by atoms with Crippen LogP contribution in [0.3, 0.4) is 0 Å². The Balaban J connectivity index is 1.57. The zero-order valence-corrected chi connectivity index (χ0v) is 20.8. The van der Waals surface area contributed by atoms with Gasteiger partial charge in [-0.05, 0) is 68.8 Å². The number of carbonyl (C=O) groups is 2. The van der Waals surface area contributed by atoms with Gasteiger partial charge in [-0.3, -0.25) is 14.5 Å². The van der Waals surface area contributed by atoms with Crippen LogP contribution >= 0.6 is 0 Å². The number of fused-ring (bicyclic) bond motifs is 1. The van der Waals surface area contributed by atoms with Crippen molar-refractivity contribution in [2.45, 2.75) is 39.9 Å². The summed E-state index contributed by atoms with van der Waals surface area (Å²) in [6, 6.07) is 19.1. The molecule has 3 heterocycles. The van der Waals surface area contributed by atoms with Crippen molar-refractivity contribution in [3.05, 3.63) is 101 Å². The monoisotopic (exact) mass is 497 g/mol. The van der Waals surface area contributed by atoms with Gasteiger partial charge in [0.15, 0.2) is 6.04 Å². The van der Waals surface area contributed by atoms with Crippen molar-refractivity contribution in [3.63, 3.8) is 0 Å². The molecule has 1 N–H and O–H groups in total. The summed E-state index contributed by atoms with van der Waals surface area (Å²) >= 11 is 0. The molecule has 0 radical (unpaired) electrons. The average molecular weight is 498 g/mol. The predicted octanol–water partition coefficient (Wildman–Crippen LogP) is 4.63. The number of nitrogens with zero attached hydrogens (tertiary/aromatic N) is 4. The molecule has 0 saturated heterocycles. The number of benzene rings is 2. The molecule has 9 nitrogen and oxygen atoms in total. The summed E-state index contributed by atoms with van der Waals surface area (Å²) in [5, 5.41) is 11.2. The van der Waals surface area contributed by atoms with Gasteiger partial charge in [0.1, 0.15) is 29.3 Å². The van der Waals surface area contributed by atoms with E-state index in [2.05, 4.69) is 15.6 Å². The quantitative estimate of drug-likeness (QED) is 0.335. The highest BCUT2D eigenvalue weighted by atomic mass is 16.3. The van der Waals surface area contributed by atoms with Gasteiger partial charge in [0, 0.05) is 5.69 Å². The number of para-hydroxylation sites is 1. The Morgan fingerprint density at radius 2 is 1.86 bits per heavy atom. The first-order valence-corrected chi connectivity index (χ1v) is 11.9. The molecule has 2 amide bonds. The minimum atomic E-state index is -1.06. The topological polar surface area (TPSA) is 106 Å². The number of aryl methyl sites for hydroxylation is 3. The van der Waals surface area contributed by atoms with Crippen LogP contribution in [0.2, 0.25) is 0 Å². The number of hydrogen-bond acceptors (Lipinski definition) is 6. The van der Waals surface area contributed by atoms with Crippen LogP contribution in [0, 0.1) is 20.8 Å². The lowest BCUT2D eigenvalue weighted by Gasteiger charge is -2.31. The molecule has 0 aliphatic heterocycles. The van der Waals surface area contributed by atoms with Crippen LogP contribution < -0.4 is 10.2 Å². The number of furan rings is 2. The summed E-state index contributed by atoms with van der Waals surface area (Å²) in [5.41, 5.74) is 3.91. The summed E-state index contributed by atoms with van der Waals surface area (Å²) < 4.78 is 12.8. The number of aromatic nitrogens is 3. The van der Waals surface area contributed by atoms with Crippen molar-refractivity contribution >= 4 is 28.5 Å². The Kier molecular flexibility index (Phi) is 6.59. The Hall–Kier alpha value is -4.66. The van der Waals surface area contributed by atoms with E-state index >= 15 is 0 Å². The third-order valence-corrected chi connectivity index (χ3v) is 6.14. The summed E-state index contributed by atoms with van der Waals surface area (Å²) in [7, 11) is 0. The lowest BCUT2D eigenvalue weighted by atomic mass is 10.1. The van der Waals surface area contributed by atoms with Gasteiger partial charge in [-0.1, -0.05) is 35.0 Å². The minimum Gasteiger partial charge on any atom is -0.467 e. The molecule has 5 aromatic rings. The van der Waals surface area contributed by atoms with E-state index in [0.717, 1.165) is 16.6 Å². The second-order valence-corrected chi connectivity index (χ2v) is 8.94. The fourth-order valence-electron chi connectivity index (χ4n) is 4.39. The fourth-order valence-corrected chi connectivity index (χ4v) is 4.39. The van der Waals surface area contributed by atoms with Crippen molar-refractivity contribution in [2.75, 3.05) is 4.90 Å². The SMILES string of the molecule is Cc1ccc(N(C(=O)Cn2nnc3ccccc32)[C@H](C(=O)NCc2ccco2)c2ccc(C)o2)c(C)c1. The highest BCUT2D eigenvalue weighted by Crippen LogP contribution is 2.32. The molecule has 5 rings (SSSR count). The third kappa shape index (κ3) is 5.02. The Labute approximate surface area is 213 Å². The Bertz CT molecular complexity index is 1550. The minimum absolute atomic E-state index is 0.116. The van der Waals surface area contributed by atoms with Crippen LogP contribution in [0.25, 0.3) is 11.0 Å². The number of nitrogens with one attached hydrogen (secondary N) is 1. The lowest BCUT2D eigenvalue weighted by molar-refractivity contribution is -0.127. The number of carbonyl (C=O) groups excluding carboxylic acids is 2. The predicted molar refractivity (Wildman–Crippen MR) is 138 cm³/mol. The van der Waals surface area contributed by atoms with Gasteiger partial charge in [-0.2, -0.15) is 0 Å². The number of anilines is 1. The lowest BCUT2D eigenvalue weighted by Crippen LogP contribution is -2.45. The van der Waals surface area contributed by atoms with E-state index in [9.17, 15) is 9.59 Å². The van der Waals surface area contributed by atoms with Gasteiger partial charge in [-0.15, -0.1) is 5.10 Å². The number of amides is 2. The molecular weight excluding hydrogens is 470 g/mol. The molecule has 0 saturated carbocycles. The van der Waals surface area contributed by atoms with Crippen LogP contribution in [0.4, 0.5) is 5.69 Å². The molecule has 0 unspecified atom stereocenters. The third-order valence-electron chi connectivity index (χ3n) is 6.14. The maximum atomic E-state index is 14.0. The molecule has 9 heteroatoms. The second kappa shape index (κ2) is 10.1. The molecule has 0 aliphatic rings. The normalized spacial score (nSPS) is 12.0. The zero-order chi connectivity index (χ0) is 25.9. The van der Waals surface area contributed by atoms with Crippen LogP contribution in [0.15, 0.2) is 81.8 Å². The first-order valence-electron chi connectivity index (χ1n) is 11.9. The van der Waals surface area contributed by atoms with Crippen molar-refractivity contribution in [1.82, 2.24) is 20.3 Å². The van der Waals surface area contributed by atoms with Gasteiger partial charge in [0.25, 0.3) is 5.91 Å². The average Bonchev–Trinajstić information content (AvgIpc) is 3.64. The van der Waals surface area contributed by atoms with Gasteiger partial charge in [-0.25, -0.2) is 4.68 Å². The van der Waals surface area contributed by atoms with E-state index in [4.69, 9.17) is 8.83 Å². The van der Waals surface area contributed by atoms with Crippen LogP contribution in [0.1, 0.15) is 34.4 Å². The van der Waals surface area contributed by atoms with Crippen molar-refractivity contribution < 1.29 is 18.4 Å². The first kappa shape index (κ1) is 24.1. The molecule has 0 aliphatic carbocycles. The van der Waals surface area contributed by atoms with Gasteiger partial charge in [0.05, 0.1) is 18.3 Å². The summed E-state index contributed by atoms with van der Waals surface area (Å²) in [6.07, 6.45) is 1.54. The molecule has 37 heavy (non-hydrogen) atoms. The maximum Gasteiger partial charge on any atom is 0.251 e. The second-order valence-electron chi connectivity index (χ2n) is 8.94. The Morgan fingerprint density at radius 1 is 1.03 bits per heavy atom. The molecule has 1 atom stereocenters. The molecule has 0 fully saturated rings. The van der Waals surface area contributed by atoms with Crippen LogP contribution in [-0.2, 0) is 22.7 Å². The number of hydrogen-bond donors (Lipinski definition) is 1. The first-order chi connectivity index (χ1) is 17.9. The van der Waals surface area contributed by atoms with E-state index in [-0.39, 0.29) is 19.0 Å². The standard InChI is InChI=1S/C28H27N5O4/c1-18-10-12-23(19(2)15-18)33(26(34)17-32-24-9-5-4-8-22(24)30-31-32)27(25-13-11-20(3)37-25)28(35)29-16-21-7-6-14-36-21/h4-15,27H,16-17H2,1-3H3,(H,29,35)/t27-/m0/s1.